The van der Waals surface area contributed by atoms with Gasteiger partial charge in [0, 0.05) is 13.0 Å². The molecule has 2 unspecified atom stereocenters. The fourth-order valence-electron chi connectivity index (χ4n) is 3.50. The number of aryl methyl sites for hydroxylation is 1. The van der Waals surface area contributed by atoms with E-state index in [4.69, 9.17) is 4.52 Å². The van der Waals surface area contributed by atoms with E-state index in [1.54, 1.807) is 0 Å². The normalized spacial score (nSPS) is 21.3. The first-order valence-corrected chi connectivity index (χ1v) is 8.84. The summed E-state index contributed by atoms with van der Waals surface area (Å²) in [6.45, 7) is 3.60. The van der Waals surface area contributed by atoms with E-state index in [1.807, 2.05) is 19.2 Å². The van der Waals surface area contributed by atoms with Crippen molar-refractivity contribution in [3.8, 4) is 0 Å². The van der Waals surface area contributed by atoms with Crippen LogP contribution in [0.25, 0.3) is 0 Å². The molecular formula is C19H27N3O2. The van der Waals surface area contributed by atoms with Gasteiger partial charge in [-0.3, -0.25) is 4.90 Å². The zero-order chi connectivity index (χ0) is 16.9. The highest BCUT2D eigenvalue weighted by Crippen LogP contribution is 2.25. The van der Waals surface area contributed by atoms with Gasteiger partial charge in [0.25, 0.3) is 0 Å². The Hall–Kier alpha value is -1.72. The van der Waals surface area contributed by atoms with E-state index in [-0.39, 0.29) is 6.10 Å². The quantitative estimate of drug-likeness (QED) is 0.883. The molecule has 0 saturated heterocycles. The van der Waals surface area contributed by atoms with Crippen molar-refractivity contribution in [3.05, 3.63) is 47.1 Å². The van der Waals surface area contributed by atoms with Crippen LogP contribution in [0.4, 0.5) is 0 Å². The van der Waals surface area contributed by atoms with Gasteiger partial charge in [-0.25, -0.2) is 0 Å². The van der Waals surface area contributed by atoms with Crippen LogP contribution in [0.15, 0.2) is 28.8 Å². The highest BCUT2D eigenvalue weighted by molar-refractivity contribution is 5.27. The maximum Gasteiger partial charge on any atom is 0.240 e. The van der Waals surface area contributed by atoms with Gasteiger partial charge in [-0.1, -0.05) is 42.3 Å². The number of nitrogens with zero attached hydrogens (tertiary/aromatic N) is 3. The second-order valence-electron chi connectivity index (χ2n) is 7.02. The summed E-state index contributed by atoms with van der Waals surface area (Å²) in [6, 6.07) is 8.27. The molecule has 1 aromatic heterocycles. The molecule has 2 atom stereocenters. The number of rotatable bonds is 6. The lowest BCUT2D eigenvalue weighted by atomic mass is 9.86. The van der Waals surface area contributed by atoms with Gasteiger partial charge in [0.2, 0.25) is 5.89 Å². The molecule has 3 rings (SSSR count). The molecule has 0 radical (unpaired) electrons. The van der Waals surface area contributed by atoms with Crippen molar-refractivity contribution in [3.63, 3.8) is 0 Å². The predicted molar refractivity (Wildman–Crippen MR) is 92.6 cm³/mol. The molecule has 1 heterocycles. The summed E-state index contributed by atoms with van der Waals surface area (Å²) in [5, 5.41) is 14.2. The van der Waals surface area contributed by atoms with E-state index >= 15 is 0 Å². The minimum atomic E-state index is -0.166. The first-order chi connectivity index (χ1) is 11.6. The second-order valence-corrected chi connectivity index (χ2v) is 7.02. The van der Waals surface area contributed by atoms with Crippen LogP contribution in [0.1, 0.15) is 48.5 Å². The summed E-state index contributed by atoms with van der Waals surface area (Å²) in [5.74, 6) is 1.73. The van der Waals surface area contributed by atoms with Crippen molar-refractivity contribution >= 4 is 0 Å². The lowest BCUT2D eigenvalue weighted by Crippen LogP contribution is -2.34. The second kappa shape index (κ2) is 7.90. The molecule has 5 heteroatoms. The van der Waals surface area contributed by atoms with Crippen LogP contribution in [0, 0.1) is 12.8 Å². The Balaban J connectivity index is 1.54. The molecule has 1 saturated carbocycles. The highest BCUT2D eigenvalue weighted by atomic mass is 16.5. The molecule has 0 spiro atoms. The Morgan fingerprint density at radius 3 is 2.83 bits per heavy atom. The van der Waals surface area contributed by atoms with Crippen LogP contribution < -0.4 is 0 Å². The van der Waals surface area contributed by atoms with Gasteiger partial charge in [-0.2, -0.15) is 4.98 Å². The average molecular weight is 329 g/mol. The summed E-state index contributed by atoms with van der Waals surface area (Å²) in [7, 11) is 2.05. The molecule has 2 aromatic rings. The monoisotopic (exact) mass is 329 g/mol. The highest BCUT2D eigenvalue weighted by Gasteiger charge is 2.24. The Labute approximate surface area is 143 Å². The van der Waals surface area contributed by atoms with Crippen LogP contribution in [0.5, 0.6) is 0 Å². The summed E-state index contributed by atoms with van der Waals surface area (Å²) in [5.41, 5.74) is 2.47. The molecule has 0 amide bonds. The lowest BCUT2D eigenvalue weighted by molar-refractivity contribution is 0.0484. The first kappa shape index (κ1) is 17.1. The topological polar surface area (TPSA) is 62.4 Å². The van der Waals surface area contributed by atoms with Crippen molar-refractivity contribution in [2.45, 2.75) is 51.7 Å². The maximum absolute atomic E-state index is 10.1. The molecule has 5 nitrogen and oxygen atoms in total. The standard InChI is InChI=1S/C19H27N3O2/c1-14-7-3-4-8-15(14)11-18-20-19(24-21-18)13-22(2)12-16-9-5-6-10-17(16)23/h3-4,7-8,16-17,23H,5-6,9-13H2,1-2H3. The molecular weight excluding hydrogens is 302 g/mol. The summed E-state index contributed by atoms with van der Waals surface area (Å²) < 4.78 is 5.40. The lowest BCUT2D eigenvalue weighted by Gasteiger charge is -2.30. The van der Waals surface area contributed by atoms with Crippen molar-refractivity contribution in [2.75, 3.05) is 13.6 Å². The van der Waals surface area contributed by atoms with E-state index in [0.717, 1.165) is 31.6 Å². The molecule has 1 aliphatic carbocycles. The zero-order valence-corrected chi connectivity index (χ0v) is 14.6. The molecule has 0 bridgehead atoms. The van der Waals surface area contributed by atoms with Crippen LogP contribution >= 0.6 is 0 Å². The average Bonchev–Trinajstić information content (AvgIpc) is 2.99. The van der Waals surface area contributed by atoms with Crippen molar-refractivity contribution in [1.29, 1.82) is 0 Å². The third kappa shape index (κ3) is 4.42. The number of hydrogen-bond acceptors (Lipinski definition) is 5. The van der Waals surface area contributed by atoms with Crippen LogP contribution in [0.3, 0.4) is 0 Å². The number of hydrogen-bond donors (Lipinski definition) is 1. The van der Waals surface area contributed by atoms with E-state index in [2.05, 4.69) is 34.1 Å². The molecule has 1 aromatic carbocycles. The molecule has 1 aliphatic rings. The fraction of sp³-hybridized carbons (Fsp3) is 0.579. The van der Waals surface area contributed by atoms with Crippen molar-refractivity contribution in [1.82, 2.24) is 15.0 Å². The van der Waals surface area contributed by atoms with E-state index in [9.17, 15) is 5.11 Å². The van der Waals surface area contributed by atoms with Gasteiger partial charge in [-0.05, 0) is 43.9 Å². The predicted octanol–water partition coefficient (Wildman–Crippen LogP) is 2.95. The van der Waals surface area contributed by atoms with E-state index in [1.165, 1.54) is 17.5 Å². The minimum Gasteiger partial charge on any atom is -0.393 e. The molecule has 130 valence electrons. The zero-order valence-electron chi connectivity index (χ0n) is 14.6. The first-order valence-electron chi connectivity index (χ1n) is 8.84. The molecule has 0 aliphatic heterocycles. The number of aliphatic hydroxyl groups is 1. The van der Waals surface area contributed by atoms with Crippen LogP contribution in [0.2, 0.25) is 0 Å². The van der Waals surface area contributed by atoms with Gasteiger partial charge < -0.3 is 9.63 Å². The SMILES string of the molecule is Cc1ccccc1Cc1noc(CN(C)CC2CCCCC2O)n1. The van der Waals surface area contributed by atoms with Gasteiger partial charge in [0.15, 0.2) is 5.82 Å². The number of aliphatic hydroxyl groups excluding tert-OH is 1. The van der Waals surface area contributed by atoms with Crippen LogP contribution in [-0.4, -0.2) is 39.8 Å². The minimum absolute atomic E-state index is 0.166. The Morgan fingerprint density at radius 1 is 1.25 bits per heavy atom. The smallest absolute Gasteiger partial charge is 0.240 e. The maximum atomic E-state index is 10.1. The van der Waals surface area contributed by atoms with E-state index < -0.39 is 0 Å². The summed E-state index contributed by atoms with van der Waals surface area (Å²) >= 11 is 0. The number of benzene rings is 1. The van der Waals surface area contributed by atoms with Gasteiger partial charge in [0.1, 0.15) is 0 Å². The fourth-order valence-corrected chi connectivity index (χ4v) is 3.50. The molecule has 24 heavy (non-hydrogen) atoms. The van der Waals surface area contributed by atoms with Gasteiger partial charge in [-0.15, -0.1) is 0 Å². The molecule has 1 N–H and O–H groups in total. The Bertz CT molecular complexity index is 656. The number of aromatic nitrogens is 2. The van der Waals surface area contributed by atoms with Gasteiger partial charge in [0.05, 0.1) is 12.6 Å². The largest absolute Gasteiger partial charge is 0.393 e. The Kier molecular flexibility index (Phi) is 5.63. The third-order valence-electron chi connectivity index (χ3n) is 4.94. The Morgan fingerprint density at radius 2 is 2.04 bits per heavy atom. The van der Waals surface area contributed by atoms with Crippen LogP contribution in [-0.2, 0) is 13.0 Å². The van der Waals surface area contributed by atoms with E-state index in [0.29, 0.717) is 24.8 Å². The van der Waals surface area contributed by atoms with Gasteiger partial charge >= 0.3 is 0 Å². The summed E-state index contributed by atoms with van der Waals surface area (Å²) in [6.07, 6.45) is 4.93. The van der Waals surface area contributed by atoms with Crippen molar-refractivity contribution in [2.24, 2.45) is 5.92 Å². The molecule has 1 fully saturated rings. The third-order valence-corrected chi connectivity index (χ3v) is 4.94. The summed E-state index contributed by atoms with van der Waals surface area (Å²) in [4.78, 5) is 6.69. The van der Waals surface area contributed by atoms with Crippen molar-refractivity contribution < 1.29 is 9.63 Å².